The van der Waals surface area contributed by atoms with Gasteiger partial charge in [0.1, 0.15) is 0 Å². The first-order valence-electron chi connectivity index (χ1n) is 7.85. The van der Waals surface area contributed by atoms with E-state index in [-0.39, 0.29) is 9.99 Å². The van der Waals surface area contributed by atoms with E-state index in [4.69, 9.17) is 0 Å². The molecule has 0 bridgehead atoms. The van der Waals surface area contributed by atoms with Gasteiger partial charge in [0.2, 0.25) is 0 Å². The molecule has 0 unspecified atom stereocenters. The minimum atomic E-state index is -4.97. The number of urea groups is 1. The van der Waals surface area contributed by atoms with Crippen LogP contribution in [0.15, 0.2) is 59.5 Å². The number of carbonyl (C=O) groups excluding carboxylic acids is 1. The number of carboxylic acids is 1. The van der Waals surface area contributed by atoms with E-state index in [1.54, 1.807) is 6.07 Å². The summed E-state index contributed by atoms with van der Waals surface area (Å²) in [4.78, 5) is 23.9. The fourth-order valence-electron chi connectivity index (χ4n) is 2.88. The molecule has 0 saturated carbocycles. The number of anilines is 1. The molecule has 28 heavy (non-hydrogen) atoms. The molecule has 0 aliphatic carbocycles. The predicted octanol–water partition coefficient (Wildman–Crippen LogP) is 2.79. The second-order valence-corrected chi connectivity index (χ2v) is 7.70. The van der Waals surface area contributed by atoms with Gasteiger partial charge in [-0.25, -0.2) is 22.3 Å². The first-order valence-corrected chi connectivity index (χ1v) is 9.29. The number of benzene rings is 2. The van der Waals surface area contributed by atoms with Gasteiger partial charge < -0.3 is 5.11 Å². The Kier molecular flexibility index (Phi) is 4.79. The normalized spacial score (nSPS) is 17.8. The van der Waals surface area contributed by atoms with Crippen LogP contribution in [0, 0.1) is 0 Å². The zero-order valence-electron chi connectivity index (χ0n) is 14.0. The molecule has 1 aliphatic rings. The summed E-state index contributed by atoms with van der Waals surface area (Å²) in [6, 6.07) is 8.02. The number of alkyl halides is 3. The van der Waals surface area contributed by atoms with Crippen molar-refractivity contribution in [3.8, 4) is 0 Å². The van der Waals surface area contributed by atoms with Gasteiger partial charge in [0, 0.05) is 5.69 Å². The number of sulfonamides is 1. The molecule has 1 heterocycles. The fourth-order valence-corrected chi connectivity index (χ4v) is 4.46. The SMILES string of the molecule is O=C(O)[C@@H]1CN(S(=O)(=O)c2ccccc2C(F)(F)F)C(=O)N1c1ccccc1. The van der Waals surface area contributed by atoms with Crippen molar-refractivity contribution >= 4 is 27.7 Å². The van der Waals surface area contributed by atoms with Crippen molar-refractivity contribution < 1.29 is 36.3 Å². The van der Waals surface area contributed by atoms with E-state index in [0.29, 0.717) is 6.07 Å². The standard InChI is InChI=1S/C17H13F3N2O5S/c18-17(19,20)12-8-4-5-9-14(12)28(26,27)21-10-13(15(23)24)22(16(21)25)11-6-2-1-3-7-11/h1-9,13H,10H2,(H,23,24)/t13-/m0/s1. The van der Waals surface area contributed by atoms with E-state index in [1.807, 2.05) is 0 Å². The van der Waals surface area contributed by atoms with Crippen molar-refractivity contribution in [3.63, 3.8) is 0 Å². The van der Waals surface area contributed by atoms with Crippen molar-refractivity contribution in [1.29, 1.82) is 0 Å². The Morgan fingerprint density at radius 2 is 1.61 bits per heavy atom. The number of amides is 2. The van der Waals surface area contributed by atoms with Crippen molar-refractivity contribution in [3.05, 3.63) is 60.2 Å². The molecule has 2 aromatic rings. The van der Waals surface area contributed by atoms with Crippen molar-refractivity contribution in [2.24, 2.45) is 0 Å². The number of para-hydroxylation sites is 1. The Hall–Kier alpha value is -3.08. The largest absolute Gasteiger partial charge is 0.480 e. The second-order valence-electron chi connectivity index (χ2n) is 5.87. The number of rotatable bonds is 4. The van der Waals surface area contributed by atoms with Gasteiger partial charge in [-0.2, -0.15) is 13.2 Å². The molecule has 7 nitrogen and oxygen atoms in total. The van der Waals surface area contributed by atoms with Gasteiger partial charge in [-0.05, 0) is 24.3 Å². The topological polar surface area (TPSA) is 95.0 Å². The van der Waals surface area contributed by atoms with Crippen molar-refractivity contribution in [2.45, 2.75) is 17.1 Å². The molecule has 0 spiro atoms. The summed E-state index contributed by atoms with van der Waals surface area (Å²) >= 11 is 0. The van der Waals surface area contributed by atoms with Crippen molar-refractivity contribution in [2.75, 3.05) is 11.4 Å². The van der Waals surface area contributed by atoms with E-state index in [2.05, 4.69) is 0 Å². The second kappa shape index (κ2) is 6.82. The van der Waals surface area contributed by atoms with Crippen LogP contribution < -0.4 is 4.90 Å². The molecule has 0 aromatic heterocycles. The Labute approximate surface area is 157 Å². The third kappa shape index (κ3) is 3.28. The summed E-state index contributed by atoms with van der Waals surface area (Å²) in [5, 5.41) is 9.41. The van der Waals surface area contributed by atoms with Crippen LogP contribution in [0.2, 0.25) is 0 Å². The highest BCUT2D eigenvalue weighted by Crippen LogP contribution is 2.37. The first-order chi connectivity index (χ1) is 13.0. The number of hydrogen-bond acceptors (Lipinski definition) is 4. The molecule has 1 fully saturated rings. The Balaban J connectivity index is 2.10. The summed E-state index contributed by atoms with van der Waals surface area (Å²) in [6.07, 6.45) is -4.97. The third-order valence-electron chi connectivity index (χ3n) is 4.15. The molecule has 2 amide bonds. The smallest absolute Gasteiger partial charge is 0.417 e. The molecule has 1 N–H and O–H groups in total. The predicted molar refractivity (Wildman–Crippen MR) is 91.1 cm³/mol. The lowest BCUT2D eigenvalue weighted by molar-refractivity contribution is -0.140. The van der Waals surface area contributed by atoms with E-state index >= 15 is 0 Å². The number of aliphatic carboxylic acids is 1. The number of carbonyl (C=O) groups is 2. The summed E-state index contributed by atoms with van der Waals surface area (Å²) in [5.41, 5.74) is -1.32. The molecular formula is C17H13F3N2O5S. The molecule has 3 rings (SSSR count). The number of nitrogens with zero attached hydrogens (tertiary/aromatic N) is 2. The molecule has 1 atom stereocenters. The maximum atomic E-state index is 13.2. The minimum Gasteiger partial charge on any atom is -0.480 e. The summed E-state index contributed by atoms with van der Waals surface area (Å²) < 4.78 is 65.6. The zero-order valence-corrected chi connectivity index (χ0v) is 14.8. The van der Waals surface area contributed by atoms with Crippen LogP contribution >= 0.6 is 0 Å². The molecule has 2 aromatic carbocycles. The summed E-state index contributed by atoms with van der Waals surface area (Å²) in [7, 11) is -4.95. The van der Waals surface area contributed by atoms with Crippen LogP contribution in [0.4, 0.5) is 23.7 Å². The lowest BCUT2D eigenvalue weighted by atomic mass is 10.2. The first kappa shape index (κ1) is 19.7. The lowest BCUT2D eigenvalue weighted by Gasteiger charge is -2.21. The third-order valence-corrected chi connectivity index (χ3v) is 5.95. The molecular weight excluding hydrogens is 401 g/mol. The van der Waals surface area contributed by atoms with Crippen LogP contribution in [-0.2, 0) is 21.0 Å². The van der Waals surface area contributed by atoms with Gasteiger partial charge in [-0.15, -0.1) is 0 Å². The summed E-state index contributed by atoms with van der Waals surface area (Å²) in [6.45, 7) is -0.822. The Morgan fingerprint density at radius 3 is 2.18 bits per heavy atom. The highest BCUT2D eigenvalue weighted by molar-refractivity contribution is 7.89. The van der Waals surface area contributed by atoms with Gasteiger partial charge in [-0.1, -0.05) is 30.3 Å². The maximum absolute atomic E-state index is 13.2. The van der Waals surface area contributed by atoms with Gasteiger partial charge in [0.25, 0.3) is 10.0 Å². The van der Waals surface area contributed by atoms with Crippen LogP contribution in [0.1, 0.15) is 5.56 Å². The van der Waals surface area contributed by atoms with Crippen LogP contribution in [0.25, 0.3) is 0 Å². The molecule has 1 aliphatic heterocycles. The monoisotopic (exact) mass is 414 g/mol. The highest BCUT2D eigenvalue weighted by atomic mass is 32.2. The number of hydrogen-bond donors (Lipinski definition) is 1. The van der Waals surface area contributed by atoms with Crippen LogP contribution in [0.5, 0.6) is 0 Å². The van der Waals surface area contributed by atoms with E-state index < -0.39 is 51.2 Å². The lowest BCUT2D eigenvalue weighted by Crippen LogP contribution is -2.40. The molecule has 1 saturated heterocycles. The number of carboxylic acid groups (broad SMARTS) is 1. The number of halogens is 3. The minimum absolute atomic E-state index is 0.113. The quantitative estimate of drug-likeness (QED) is 0.830. The summed E-state index contributed by atoms with van der Waals surface area (Å²) in [5.74, 6) is -1.49. The Bertz CT molecular complexity index is 1020. The average Bonchev–Trinajstić information content (AvgIpc) is 3.00. The van der Waals surface area contributed by atoms with Crippen LogP contribution in [-0.4, -0.2) is 42.4 Å². The highest BCUT2D eigenvalue weighted by Gasteiger charge is 2.49. The van der Waals surface area contributed by atoms with Crippen LogP contribution in [0.3, 0.4) is 0 Å². The van der Waals surface area contributed by atoms with Gasteiger partial charge >= 0.3 is 18.2 Å². The van der Waals surface area contributed by atoms with E-state index in [1.165, 1.54) is 24.3 Å². The molecule has 11 heteroatoms. The Morgan fingerprint density at radius 1 is 1.04 bits per heavy atom. The van der Waals surface area contributed by atoms with Gasteiger partial charge in [0.05, 0.1) is 17.0 Å². The van der Waals surface area contributed by atoms with Gasteiger partial charge in [0.15, 0.2) is 6.04 Å². The maximum Gasteiger partial charge on any atom is 0.417 e. The fraction of sp³-hybridized carbons (Fsp3) is 0.176. The van der Waals surface area contributed by atoms with Crippen molar-refractivity contribution in [1.82, 2.24) is 4.31 Å². The zero-order chi connectivity index (χ0) is 20.7. The van der Waals surface area contributed by atoms with E-state index in [9.17, 15) is 36.3 Å². The van der Waals surface area contributed by atoms with Gasteiger partial charge in [-0.3, -0.25) is 4.90 Å². The molecule has 0 radical (unpaired) electrons. The molecule has 148 valence electrons. The average molecular weight is 414 g/mol. The van der Waals surface area contributed by atoms with E-state index in [0.717, 1.165) is 23.1 Å².